The minimum absolute atomic E-state index is 0.0498. The van der Waals surface area contributed by atoms with Crippen LogP contribution in [0.1, 0.15) is 37.7 Å². The Balaban J connectivity index is 2.15. The van der Waals surface area contributed by atoms with Gasteiger partial charge in [-0.2, -0.15) is 4.57 Å². The lowest BCUT2D eigenvalue weighted by atomic mass is 10.0. The van der Waals surface area contributed by atoms with Crippen LogP contribution >= 0.6 is 0 Å². The smallest absolute Gasteiger partial charge is 0.253 e. The van der Waals surface area contributed by atoms with Gasteiger partial charge in [0, 0.05) is 36.9 Å². The largest absolute Gasteiger partial charge is 0.288 e. The molecule has 2 atom stereocenters. The van der Waals surface area contributed by atoms with Crippen molar-refractivity contribution in [1.29, 1.82) is 0 Å². The minimum Gasteiger partial charge on any atom is -0.288 e. The van der Waals surface area contributed by atoms with E-state index in [-0.39, 0.29) is 17.6 Å². The van der Waals surface area contributed by atoms with Crippen molar-refractivity contribution in [3.63, 3.8) is 0 Å². The molecule has 1 aliphatic rings. The third-order valence-corrected chi connectivity index (χ3v) is 3.60. The summed E-state index contributed by atoms with van der Waals surface area (Å²) < 4.78 is 3.96. The van der Waals surface area contributed by atoms with Crippen LogP contribution in [0.25, 0.3) is 0 Å². The highest BCUT2D eigenvalue weighted by atomic mass is 16.1. The molecule has 2 unspecified atom stereocenters. The molecule has 4 heteroatoms. The Kier molecular flexibility index (Phi) is 2.70. The summed E-state index contributed by atoms with van der Waals surface area (Å²) in [6.07, 6.45) is 7.70. The molecule has 0 aromatic carbocycles. The minimum atomic E-state index is 0.0498. The van der Waals surface area contributed by atoms with Crippen molar-refractivity contribution in [2.24, 2.45) is 0 Å². The van der Waals surface area contributed by atoms with Gasteiger partial charge in [-0.05, 0) is 13.3 Å². The number of nitrogens with zero attached hydrogens (tertiary/aromatic N) is 3. The van der Waals surface area contributed by atoms with E-state index in [1.807, 2.05) is 35.2 Å². The summed E-state index contributed by atoms with van der Waals surface area (Å²) in [5.41, 5.74) is 0.0498. The Labute approximate surface area is 106 Å². The zero-order chi connectivity index (χ0) is 12.5. The van der Waals surface area contributed by atoms with E-state index in [1.54, 1.807) is 6.20 Å². The van der Waals surface area contributed by atoms with E-state index in [1.165, 1.54) is 6.07 Å². The van der Waals surface area contributed by atoms with E-state index in [2.05, 4.69) is 16.5 Å². The van der Waals surface area contributed by atoms with Crippen LogP contribution in [0, 0.1) is 0 Å². The number of aromatic nitrogens is 3. The standard InChI is InChI=1S/C14H16N3O/c1-11-5-6-12(16-9-3-2-4-10-16)14-15-8-7-13(18)17(11)14/h2-4,7-12H,5-6H2,1H3/q+1. The van der Waals surface area contributed by atoms with E-state index < -0.39 is 0 Å². The third kappa shape index (κ3) is 1.74. The summed E-state index contributed by atoms with van der Waals surface area (Å²) in [5.74, 6) is 0.873. The first kappa shape index (κ1) is 11.1. The van der Waals surface area contributed by atoms with Crippen LogP contribution in [0.15, 0.2) is 47.7 Å². The van der Waals surface area contributed by atoms with Crippen molar-refractivity contribution in [2.45, 2.75) is 31.8 Å². The van der Waals surface area contributed by atoms with Gasteiger partial charge in [0.15, 0.2) is 18.2 Å². The van der Waals surface area contributed by atoms with Crippen LogP contribution in [0.4, 0.5) is 0 Å². The fourth-order valence-electron chi connectivity index (χ4n) is 2.68. The average Bonchev–Trinajstić information content (AvgIpc) is 2.40. The Morgan fingerprint density at radius 2 is 2.06 bits per heavy atom. The third-order valence-electron chi connectivity index (χ3n) is 3.60. The van der Waals surface area contributed by atoms with Crippen molar-refractivity contribution < 1.29 is 4.57 Å². The van der Waals surface area contributed by atoms with E-state index >= 15 is 0 Å². The molecular weight excluding hydrogens is 226 g/mol. The summed E-state index contributed by atoms with van der Waals surface area (Å²) in [4.78, 5) is 16.4. The van der Waals surface area contributed by atoms with Crippen molar-refractivity contribution in [1.82, 2.24) is 9.55 Å². The summed E-state index contributed by atoms with van der Waals surface area (Å²) in [7, 11) is 0. The second-order valence-electron chi connectivity index (χ2n) is 4.78. The molecule has 1 aliphatic heterocycles. The first-order valence-electron chi connectivity index (χ1n) is 6.30. The van der Waals surface area contributed by atoms with Gasteiger partial charge in [0.1, 0.15) is 0 Å². The van der Waals surface area contributed by atoms with Gasteiger partial charge in [0.05, 0.1) is 0 Å². The second kappa shape index (κ2) is 4.37. The highest BCUT2D eigenvalue weighted by molar-refractivity contribution is 5.03. The predicted molar refractivity (Wildman–Crippen MR) is 67.2 cm³/mol. The van der Waals surface area contributed by atoms with E-state index in [9.17, 15) is 4.79 Å². The van der Waals surface area contributed by atoms with E-state index in [4.69, 9.17) is 0 Å². The Morgan fingerprint density at radius 3 is 2.83 bits per heavy atom. The molecule has 0 N–H and O–H groups in total. The summed E-state index contributed by atoms with van der Waals surface area (Å²) in [5, 5.41) is 0. The van der Waals surface area contributed by atoms with Gasteiger partial charge in [0.2, 0.25) is 6.04 Å². The van der Waals surface area contributed by atoms with Crippen molar-refractivity contribution in [2.75, 3.05) is 0 Å². The molecule has 4 nitrogen and oxygen atoms in total. The van der Waals surface area contributed by atoms with Crippen LogP contribution in [-0.2, 0) is 0 Å². The van der Waals surface area contributed by atoms with Crippen LogP contribution in [0.3, 0.4) is 0 Å². The number of pyridine rings is 1. The molecule has 3 rings (SSSR count). The normalized spacial score (nSPS) is 22.5. The summed E-state index contributed by atoms with van der Waals surface area (Å²) in [6.45, 7) is 2.08. The van der Waals surface area contributed by atoms with Crippen LogP contribution < -0.4 is 10.1 Å². The van der Waals surface area contributed by atoms with Crippen LogP contribution in [-0.4, -0.2) is 9.55 Å². The molecule has 18 heavy (non-hydrogen) atoms. The molecule has 3 heterocycles. The Hall–Kier alpha value is -1.97. The van der Waals surface area contributed by atoms with Crippen molar-refractivity contribution in [3.05, 3.63) is 59.0 Å². The molecule has 0 aliphatic carbocycles. The summed E-state index contributed by atoms with van der Waals surface area (Å²) >= 11 is 0. The van der Waals surface area contributed by atoms with Gasteiger partial charge in [0.25, 0.3) is 5.56 Å². The lowest BCUT2D eigenvalue weighted by Crippen LogP contribution is -2.46. The first-order valence-corrected chi connectivity index (χ1v) is 6.30. The summed E-state index contributed by atoms with van der Waals surface area (Å²) in [6, 6.07) is 7.94. The topological polar surface area (TPSA) is 38.8 Å². The Morgan fingerprint density at radius 1 is 1.28 bits per heavy atom. The fourth-order valence-corrected chi connectivity index (χ4v) is 2.68. The highest BCUT2D eigenvalue weighted by Gasteiger charge is 2.32. The Bertz CT molecular complexity index is 606. The molecular formula is C14H16N3O+. The molecule has 2 aromatic heterocycles. The molecule has 0 saturated carbocycles. The zero-order valence-corrected chi connectivity index (χ0v) is 10.4. The van der Waals surface area contributed by atoms with E-state index in [0.29, 0.717) is 0 Å². The molecule has 0 saturated heterocycles. The molecule has 2 aromatic rings. The maximum atomic E-state index is 12.0. The van der Waals surface area contributed by atoms with Gasteiger partial charge in [-0.3, -0.25) is 9.36 Å². The number of hydrogen-bond acceptors (Lipinski definition) is 2. The monoisotopic (exact) mass is 242 g/mol. The maximum absolute atomic E-state index is 12.0. The highest BCUT2D eigenvalue weighted by Crippen LogP contribution is 2.27. The molecule has 0 fully saturated rings. The first-order chi connectivity index (χ1) is 8.77. The van der Waals surface area contributed by atoms with Crippen molar-refractivity contribution in [3.8, 4) is 0 Å². The van der Waals surface area contributed by atoms with E-state index in [0.717, 1.165) is 18.7 Å². The molecule has 0 spiro atoms. The lowest BCUT2D eigenvalue weighted by Gasteiger charge is -2.26. The zero-order valence-electron chi connectivity index (χ0n) is 10.4. The lowest BCUT2D eigenvalue weighted by molar-refractivity contribution is -0.716. The number of fused-ring (bicyclic) bond motifs is 1. The molecule has 0 radical (unpaired) electrons. The molecule has 0 amide bonds. The van der Waals surface area contributed by atoms with Gasteiger partial charge in [-0.25, -0.2) is 4.98 Å². The van der Waals surface area contributed by atoms with Gasteiger partial charge >= 0.3 is 0 Å². The van der Waals surface area contributed by atoms with Gasteiger partial charge < -0.3 is 0 Å². The van der Waals surface area contributed by atoms with Crippen LogP contribution in [0.5, 0.6) is 0 Å². The average molecular weight is 242 g/mol. The maximum Gasteiger partial charge on any atom is 0.253 e. The predicted octanol–water partition coefficient (Wildman–Crippen LogP) is 1.47. The van der Waals surface area contributed by atoms with Gasteiger partial charge in [-0.15, -0.1) is 0 Å². The van der Waals surface area contributed by atoms with Crippen molar-refractivity contribution >= 4 is 0 Å². The molecule has 92 valence electrons. The van der Waals surface area contributed by atoms with Crippen LogP contribution in [0.2, 0.25) is 0 Å². The number of rotatable bonds is 1. The SMILES string of the molecule is CC1CCC([n+]2ccccc2)c2nccc(=O)n21. The quantitative estimate of drug-likeness (QED) is 0.710. The molecule has 0 bridgehead atoms. The number of hydrogen-bond donors (Lipinski definition) is 0. The second-order valence-corrected chi connectivity index (χ2v) is 4.78. The fraction of sp³-hybridized carbons (Fsp3) is 0.357. The van der Waals surface area contributed by atoms with Gasteiger partial charge in [-0.1, -0.05) is 6.07 Å².